The lowest BCUT2D eigenvalue weighted by molar-refractivity contribution is 0.0602. The summed E-state index contributed by atoms with van der Waals surface area (Å²) in [6.45, 7) is 4.61. The van der Waals surface area contributed by atoms with Crippen LogP contribution in [0.15, 0.2) is 48.5 Å². The van der Waals surface area contributed by atoms with E-state index < -0.39 is 5.97 Å². The van der Waals surface area contributed by atoms with Crippen LogP contribution in [0.4, 0.5) is 15.8 Å². The Bertz CT molecular complexity index is 1140. The Hall–Kier alpha value is -3.23. The Morgan fingerprint density at radius 1 is 1.09 bits per heavy atom. The molecule has 1 N–H and O–H groups in total. The van der Waals surface area contributed by atoms with E-state index in [1.807, 2.05) is 13.0 Å². The minimum atomic E-state index is -0.523. The van der Waals surface area contributed by atoms with Gasteiger partial charge in [0.15, 0.2) is 0 Å². The van der Waals surface area contributed by atoms with Gasteiger partial charge in [-0.05, 0) is 54.4 Å². The molecule has 0 atom stereocenters. The third-order valence-electron chi connectivity index (χ3n) is 5.28. The number of esters is 1. The van der Waals surface area contributed by atoms with E-state index in [0.717, 1.165) is 34.8 Å². The van der Waals surface area contributed by atoms with Gasteiger partial charge in [0.25, 0.3) is 5.91 Å². The number of aryl methyl sites for hydroxylation is 1. The van der Waals surface area contributed by atoms with Gasteiger partial charge < -0.3 is 19.7 Å². The minimum absolute atomic E-state index is 0.289. The number of methoxy groups -OCH3 is 1. The highest BCUT2D eigenvalue weighted by molar-refractivity contribution is 7.17. The second-order valence-electron chi connectivity index (χ2n) is 7.40. The molecular weight excluding hydrogens is 431 g/mol. The summed E-state index contributed by atoms with van der Waals surface area (Å²) in [4.78, 5) is 28.9. The van der Waals surface area contributed by atoms with Crippen LogP contribution in [0.3, 0.4) is 0 Å². The van der Waals surface area contributed by atoms with E-state index in [1.54, 1.807) is 30.3 Å². The topological polar surface area (TPSA) is 67.9 Å². The molecule has 166 valence electrons. The molecule has 1 aliphatic heterocycles. The molecule has 0 bridgehead atoms. The molecule has 1 amide bonds. The predicted molar refractivity (Wildman–Crippen MR) is 123 cm³/mol. The van der Waals surface area contributed by atoms with Crippen LogP contribution in [0.2, 0.25) is 0 Å². The maximum Gasteiger partial charge on any atom is 0.340 e. The SMILES string of the molecule is COC(=O)c1cc(N2CCOCC2)ccc1NC(=O)c1cc(C)c(-c2ccc(F)cc2)s1. The summed E-state index contributed by atoms with van der Waals surface area (Å²) in [5.74, 6) is -1.16. The number of thiophene rings is 1. The number of halogens is 1. The fourth-order valence-corrected chi connectivity index (χ4v) is 4.68. The smallest absolute Gasteiger partial charge is 0.340 e. The highest BCUT2D eigenvalue weighted by Crippen LogP contribution is 2.33. The van der Waals surface area contributed by atoms with Gasteiger partial charge in [0.05, 0.1) is 36.5 Å². The highest BCUT2D eigenvalue weighted by Gasteiger charge is 2.20. The molecule has 3 aromatic rings. The number of morpholine rings is 1. The number of nitrogens with one attached hydrogen (secondary N) is 1. The molecule has 1 fully saturated rings. The number of carbonyl (C=O) groups is 2. The first-order valence-electron chi connectivity index (χ1n) is 10.2. The van der Waals surface area contributed by atoms with Crippen LogP contribution < -0.4 is 10.2 Å². The van der Waals surface area contributed by atoms with E-state index in [0.29, 0.717) is 23.8 Å². The van der Waals surface area contributed by atoms with E-state index in [-0.39, 0.29) is 17.3 Å². The summed E-state index contributed by atoms with van der Waals surface area (Å²) in [6.07, 6.45) is 0. The largest absolute Gasteiger partial charge is 0.465 e. The average molecular weight is 455 g/mol. The van der Waals surface area contributed by atoms with Crippen LogP contribution in [-0.2, 0) is 9.47 Å². The van der Waals surface area contributed by atoms with Crippen molar-refractivity contribution in [2.45, 2.75) is 6.92 Å². The molecule has 32 heavy (non-hydrogen) atoms. The third kappa shape index (κ3) is 4.66. The van der Waals surface area contributed by atoms with Crippen molar-refractivity contribution in [2.75, 3.05) is 43.6 Å². The van der Waals surface area contributed by atoms with Crippen LogP contribution in [0.5, 0.6) is 0 Å². The molecule has 2 aromatic carbocycles. The van der Waals surface area contributed by atoms with E-state index in [9.17, 15) is 14.0 Å². The Balaban J connectivity index is 1.59. The van der Waals surface area contributed by atoms with E-state index in [1.165, 1.54) is 30.6 Å². The van der Waals surface area contributed by atoms with Crippen molar-refractivity contribution in [2.24, 2.45) is 0 Å². The molecule has 8 heteroatoms. The number of carbonyl (C=O) groups excluding carboxylic acids is 2. The zero-order valence-electron chi connectivity index (χ0n) is 17.8. The van der Waals surface area contributed by atoms with Crippen LogP contribution in [0, 0.1) is 12.7 Å². The molecule has 1 aromatic heterocycles. The first-order chi connectivity index (χ1) is 15.5. The number of benzene rings is 2. The van der Waals surface area contributed by atoms with Gasteiger partial charge >= 0.3 is 5.97 Å². The fourth-order valence-electron chi connectivity index (χ4n) is 3.60. The summed E-state index contributed by atoms with van der Waals surface area (Å²) in [7, 11) is 1.31. The number of amides is 1. The minimum Gasteiger partial charge on any atom is -0.465 e. The molecule has 0 radical (unpaired) electrons. The van der Waals surface area contributed by atoms with Crippen molar-refractivity contribution in [1.82, 2.24) is 0 Å². The monoisotopic (exact) mass is 454 g/mol. The number of hydrogen-bond donors (Lipinski definition) is 1. The molecule has 1 saturated heterocycles. The first-order valence-corrected chi connectivity index (χ1v) is 11.0. The van der Waals surface area contributed by atoms with Gasteiger partial charge in [0, 0.05) is 23.7 Å². The number of ether oxygens (including phenoxy) is 2. The van der Waals surface area contributed by atoms with Crippen LogP contribution >= 0.6 is 11.3 Å². The molecule has 0 saturated carbocycles. The highest BCUT2D eigenvalue weighted by atomic mass is 32.1. The van der Waals surface area contributed by atoms with Crippen LogP contribution in [0.25, 0.3) is 10.4 Å². The number of rotatable bonds is 5. The van der Waals surface area contributed by atoms with Crippen molar-refractivity contribution < 1.29 is 23.5 Å². The molecule has 0 spiro atoms. The van der Waals surface area contributed by atoms with Gasteiger partial charge in [0.1, 0.15) is 5.82 Å². The lowest BCUT2D eigenvalue weighted by atomic mass is 10.1. The van der Waals surface area contributed by atoms with Crippen molar-refractivity contribution in [3.05, 3.63) is 70.4 Å². The van der Waals surface area contributed by atoms with Gasteiger partial charge in [-0.2, -0.15) is 0 Å². The summed E-state index contributed by atoms with van der Waals surface area (Å²) < 4.78 is 23.6. The molecule has 1 aliphatic rings. The Morgan fingerprint density at radius 3 is 2.50 bits per heavy atom. The zero-order chi connectivity index (χ0) is 22.7. The maximum atomic E-state index is 13.3. The summed E-state index contributed by atoms with van der Waals surface area (Å²) in [5.41, 5.74) is 3.31. The second kappa shape index (κ2) is 9.50. The van der Waals surface area contributed by atoms with Gasteiger partial charge in [0.2, 0.25) is 0 Å². The molecule has 6 nitrogen and oxygen atoms in total. The van der Waals surface area contributed by atoms with Gasteiger partial charge in [-0.15, -0.1) is 11.3 Å². The van der Waals surface area contributed by atoms with Gasteiger partial charge in [-0.1, -0.05) is 12.1 Å². The molecule has 0 aliphatic carbocycles. The fraction of sp³-hybridized carbons (Fsp3) is 0.250. The maximum absolute atomic E-state index is 13.3. The lowest BCUT2D eigenvalue weighted by Gasteiger charge is -2.29. The zero-order valence-corrected chi connectivity index (χ0v) is 18.6. The normalized spacial score (nSPS) is 13.7. The first kappa shape index (κ1) is 22.0. The van der Waals surface area contributed by atoms with Crippen molar-refractivity contribution in [3.8, 4) is 10.4 Å². The number of anilines is 2. The number of nitrogens with zero attached hydrogens (tertiary/aromatic N) is 1. The second-order valence-corrected chi connectivity index (χ2v) is 8.46. The Morgan fingerprint density at radius 2 is 1.81 bits per heavy atom. The van der Waals surface area contributed by atoms with E-state index in [2.05, 4.69) is 10.2 Å². The summed E-state index contributed by atoms with van der Waals surface area (Å²) in [6, 6.07) is 13.3. The van der Waals surface area contributed by atoms with Gasteiger partial charge in [-0.25, -0.2) is 9.18 Å². The van der Waals surface area contributed by atoms with E-state index in [4.69, 9.17) is 9.47 Å². The van der Waals surface area contributed by atoms with Crippen molar-refractivity contribution in [3.63, 3.8) is 0 Å². The van der Waals surface area contributed by atoms with Crippen LogP contribution in [0.1, 0.15) is 25.6 Å². The summed E-state index contributed by atoms with van der Waals surface area (Å²) in [5, 5.41) is 2.84. The predicted octanol–water partition coefficient (Wildman–Crippen LogP) is 4.74. The Labute approximate surface area is 189 Å². The standard InChI is InChI=1S/C24H23FN2O4S/c1-15-13-21(32-22(15)16-3-5-17(25)6-4-16)23(28)26-20-8-7-18(14-19(20)24(29)30-2)27-9-11-31-12-10-27/h3-8,13-14H,9-12H2,1-2H3,(H,26,28). The average Bonchev–Trinajstić information content (AvgIpc) is 3.21. The molecule has 4 rings (SSSR count). The molecule has 2 heterocycles. The summed E-state index contributed by atoms with van der Waals surface area (Å²) >= 11 is 1.32. The van der Waals surface area contributed by atoms with Gasteiger partial charge in [-0.3, -0.25) is 4.79 Å². The Kier molecular flexibility index (Phi) is 6.53. The van der Waals surface area contributed by atoms with Crippen LogP contribution in [-0.4, -0.2) is 45.3 Å². The van der Waals surface area contributed by atoms with Crippen molar-refractivity contribution >= 4 is 34.6 Å². The number of hydrogen-bond acceptors (Lipinski definition) is 6. The van der Waals surface area contributed by atoms with Crippen molar-refractivity contribution in [1.29, 1.82) is 0 Å². The molecular formula is C24H23FN2O4S. The van der Waals surface area contributed by atoms with E-state index >= 15 is 0 Å². The third-order valence-corrected chi connectivity index (χ3v) is 6.57. The molecule has 0 unspecified atom stereocenters. The lowest BCUT2D eigenvalue weighted by Crippen LogP contribution is -2.36. The quantitative estimate of drug-likeness (QED) is 0.564.